The van der Waals surface area contributed by atoms with E-state index in [0.29, 0.717) is 0 Å². The van der Waals surface area contributed by atoms with Crippen LogP contribution in [0.25, 0.3) is 0 Å². The van der Waals surface area contributed by atoms with Gasteiger partial charge in [-0.2, -0.15) is 42.6 Å². The summed E-state index contributed by atoms with van der Waals surface area (Å²) in [5, 5.41) is 0.991. The third kappa shape index (κ3) is 4.06. The van der Waals surface area contributed by atoms with Gasteiger partial charge in [0.1, 0.15) is 0 Å². The number of hydrogen-bond acceptors (Lipinski definition) is 0. The summed E-state index contributed by atoms with van der Waals surface area (Å²) in [5.74, 6) is 0. The van der Waals surface area contributed by atoms with Gasteiger partial charge in [0.2, 0.25) is 0 Å². The third-order valence-corrected chi connectivity index (χ3v) is 4.03. The molecule has 0 heterocycles. The number of alkyl halides is 3. The van der Waals surface area contributed by atoms with Crippen molar-refractivity contribution in [2.75, 3.05) is 0 Å². The van der Waals surface area contributed by atoms with Gasteiger partial charge >= 0.3 is 25.0 Å². The van der Waals surface area contributed by atoms with Gasteiger partial charge in [0.25, 0.3) is 0 Å². The zero-order chi connectivity index (χ0) is 11.0. The normalized spacial score (nSPS) is 12.1. The summed E-state index contributed by atoms with van der Waals surface area (Å²) < 4.78 is 36.6. The van der Waals surface area contributed by atoms with Crippen molar-refractivity contribution in [3.05, 3.63) is 29.8 Å². The van der Waals surface area contributed by atoms with Crippen LogP contribution in [0.4, 0.5) is 13.2 Å². The Balaban J connectivity index is 0.00000196. The van der Waals surface area contributed by atoms with Crippen molar-refractivity contribution in [2.45, 2.75) is 25.8 Å². The second-order valence-electron chi connectivity index (χ2n) is 4.24. The summed E-state index contributed by atoms with van der Waals surface area (Å²) in [6.07, 6.45) is -4.28. The van der Waals surface area contributed by atoms with Crippen LogP contribution in [0.15, 0.2) is 18.2 Å². The first-order chi connectivity index (χ1) is 6.21. The Hall–Kier alpha value is -0.176. The molecule has 0 unspecified atom stereocenters. The average Bonchev–Trinajstić information content (AvgIpc) is 2.01. The summed E-state index contributed by atoms with van der Waals surface area (Å²) >= 11 is 0. The molecule has 0 aliphatic rings. The van der Waals surface area contributed by atoms with Gasteiger partial charge in [-0.1, -0.05) is 25.2 Å². The van der Waals surface area contributed by atoms with Crippen LogP contribution in [0.1, 0.15) is 5.56 Å². The fourth-order valence-corrected chi connectivity index (χ4v) is 2.16. The maximum absolute atomic E-state index is 12.2. The minimum Gasteiger partial charge on any atom is -0.175 e. The van der Waals surface area contributed by atoms with Crippen LogP contribution in [0, 0.1) is 6.07 Å². The van der Waals surface area contributed by atoms with E-state index >= 15 is 0 Å². The first kappa shape index (κ1) is 14.8. The predicted octanol–water partition coefficient (Wildman–Crippen LogP) is 0.0548. The van der Waals surface area contributed by atoms with E-state index < -0.39 is 19.8 Å². The minimum atomic E-state index is -4.28. The fraction of sp³-hybridized carbons (Fsp3) is 0.400. The second-order valence-corrected chi connectivity index (χ2v) is 9.32. The van der Waals surface area contributed by atoms with Gasteiger partial charge in [-0.05, 0) is 0 Å². The molecule has 5 heteroatoms. The van der Waals surface area contributed by atoms with Crippen molar-refractivity contribution in [1.29, 1.82) is 0 Å². The molecule has 0 aromatic heterocycles. The Labute approximate surface area is 101 Å². The molecule has 0 nitrogen and oxygen atoms in total. The van der Waals surface area contributed by atoms with E-state index in [1.54, 1.807) is 6.07 Å². The standard InChI is InChI=1S/C10H12F3Si.Li/c1-14(2,3)9-6-4-8(5-7-9)10(11,12)13;/h4,6-7H,1-3H3;/q-1;+1. The predicted molar refractivity (Wildman–Crippen MR) is 53.3 cm³/mol. The van der Waals surface area contributed by atoms with Gasteiger partial charge in [-0.25, -0.2) is 0 Å². The van der Waals surface area contributed by atoms with Crippen molar-refractivity contribution < 1.29 is 32.0 Å². The Morgan fingerprint density at radius 3 is 1.93 bits per heavy atom. The Morgan fingerprint density at radius 1 is 1.13 bits per heavy atom. The minimum absolute atomic E-state index is 0. The number of hydrogen-bond donors (Lipinski definition) is 0. The first-order valence-corrected chi connectivity index (χ1v) is 7.80. The Bertz CT molecular complexity index is 278. The Morgan fingerprint density at radius 2 is 1.67 bits per heavy atom. The molecule has 0 aliphatic heterocycles. The van der Waals surface area contributed by atoms with Crippen LogP contribution in [0.2, 0.25) is 19.6 Å². The molecule has 0 saturated carbocycles. The maximum Gasteiger partial charge on any atom is 1.00 e. The molecule has 1 rings (SSSR count). The summed E-state index contributed by atoms with van der Waals surface area (Å²) in [6.45, 7) is 6.26. The zero-order valence-electron chi connectivity index (χ0n) is 9.37. The van der Waals surface area contributed by atoms with Gasteiger partial charge in [-0.3, -0.25) is 0 Å². The zero-order valence-corrected chi connectivity index (χ0v) is 10.4. The largest absolute Gasteiger partial charge is 1.00 e. The number of benzene rings is 1. The Kier molecular flexibility index (Phi) is 4.72. The van der Waals surface area contributed by atoms with Crippen molar-refractivity contribution in [3.8, 4) is 0 Å². The SMILES string of the molecule is C[Si](C)(C)c1c[c-]c(C(F)(F)F)cc1.[Li+]. The molecule has 0 amide bonds. The monoisotopic (exact) mass is 224 g/mol. The van der Waals surface area contributed by atoms with E-state index in [1.165, 1.54) is 6.07 Å². The summed E-state index contributed by atoms with van der Waals surface area (Å²) in [7, 11) is -1.51. The molecule has 0 fully saturated rings. The van der Waals surface area contributed by atoms with E-state index in [4.69, 9.17) is 0 Å². The van der Waals surface area contributed by atoms with Crippen LogP contribution in [0.3, 0.4) is 0 Å². The van der Waals surface area contributed by atoms with Crippen molar-refractivity contribution in [2.24, 2.45) is 0 Å². The van der Waals surface area contributed by atoms with E-state index in [9.17, 15) is 13.2 Å². The first-order valence-electron chi connectivity index (χ1n) is 4.30. The summed E-state index contributed by atoms with van der Waals surface area (Å²) in [5.41, 5.74) is -0.695. The van der Waals surface area contributed by atoms with Crippen molar-refractivity contribution in [1.82, 2.24) is 0 Å². The van der Waals surface area contributed by atoms with E-state index in [1.807, 2.05) is 0 Å². The van der Waals surface area contributed by atoms with Gasteiger partial charge in [0, 0.05) is 8.07 Å². The van der Waals surface area contributed by atoms with Crippen LogP contribution in [-0.2, 0) is 6.18 Å². The maximum atomic E-state index is 12.2. The quantitative estimate of drug-likeness (QED) is 0.467. The molecule has 0 atom stereocenters. The van der Waals surface area contributed by atoms with Gasteiger partial charge in [0.05, 0.1) is 0 Å². The number of halogens is 3. The molecule has 0 N–H and O–H groups in total. The van der Waals surface area contributed by atoms with Crippen molar-refractivity contribution >= 4 is 13.3 Å². The topological polar surface area (TPSA) is 0 Å². The van der Waals surface area contributed by atoms with E-state index in [0.717, 1.165) is 11.3 Å². The summed E-state index contributed by atoms with van der Waals surface area (Å²) in [6, 6.07) is 6.43. The van der Waals surface area contributed by atoms with Gasteiger partial charge in [-0.15, -0.1) is 0 Å². The molecule has 15 heavy (non-hydrogen) atoms. The van der Waals surface area contributed by atoms with Gasteiger partial charge in [0.15, 0.2) is 0 Å². The van der Waals surface area contributed by atoms with E-state index in [2.05, 4.69) is 25.7 Å². The van der Waals surface area contributed by atoms with E-state index in [-0.39, 0.29) is 18.9 Å². The number of rotatable bonds is 1. The average molecular weight is 224 g/mol. The van der Waals surface area contributed by atoms with Gasteiger partial charge < -0.3 is 0 Å². The molecule has 1 aromatic rings. The van der Waals surface area contributed by atoms with Crippen molar-refractivity contribution in [3.63, 3.8) is 0 Å². The smallest absolute Gasteiger partial charge is 0.175 e. The molecular formula is C10H12F3LiSi. The van der Waals surface area contributed by atoms with Crippen LogP contribution in [0.5, 0.6) is 0 Å². The summed E-state index contributed by atoms with van der Waals surface area (Å²) in [4.78, 5) is 0. The second kappa shape index (κ2) is 4.77. The molecule has 0 radical (unpaired) electrons. The third-order valence-electron chi connectivity index (χ3n) is 1.98. The molecule has 0 aliphatic carbocycles. The molecule has 0 bridgehead atoms. The van der Waals surface area contributed by atoms with Crippen LogP contribution in [-0.4, -0.2) is 8.07 Å². The molecule has 0 saturated heterocycles. The molecule has 78 valence electrons. The van der Waals surface area contributed by atoms with Crippen LogP contribution < -0.4 is 24.0 Å². The van der Waals surface area contributed by atoms with Crippen LogP contribution >= 0.6 is 0 Å². The molecular weight excluding hydrogens is 212 g/mol. The molecule has 0 spiro atoms. The molecule has 1 aromatic carbocycles. The fourth-order valence-electron chi connectivity index (χ4n) is 1.07.